The summed E-state index contributed by atoms with van der Waals surface area (Å²) in [5.74, 6) is 0. The molecule has 0 unspecified atom stereocenters. The molecule has 7 rings (SSSR count). The zero-order valence-corrected chi connectivity index (χ0v) is 19.5. The Bertz CT molecular complexity index is 1820. The summed E-state index contributed by atoms with van der Waals surface area (Å²) in [5.41, 5.74) is 7.97. The number of furan rings is 1. The molecule has 0 fully saturated rings. The smallest absolute Gasteiger partial charge is 0.155 e. The van der Waals surface area contributed by atoms with E-state index >= 15 is 0 Å². The molecule has 0 spiro atoms. The zero-order valence-electron chi connectivity index (χ0n) is 19.5. The minimum Gasteiger partial charge on any atom is -0.454 e. The lowest BCUT2D eigenvalue weighted by Crippen LogP contribution is -2.10. The second-order valence-electron chi connectivity index (χ2n) is 8.92. The van der Waals surface area contributed by atoms with E-state index in [-0.39, 0.29) is 0 Å². The maximum atomic E-state index is 6.31. The van der Waals surface area contributed by atoms with Crippen molar-refractivity contribution in [3.8, 4) is 11.1 Å². The maximum Gasteiger partial charge on any atom is 0.155 e. The first-order valence-electron chi connectivity index (χ1n) is 12.1. The number of rotatable bonds is 4. The molecule has 0 aliphatic heterocycles. The van der Waals surface area contributed by atoms with Crippen LogP contribution in [0, 0.1) is 0 Å². The van der Waals surface area contributed by atoms with Crippen LogP contribution in [0.15, 0.2) is 138 Å². The van der Waals surface area contributed by atoms with E-state index in [4.69, 9.17) is 9.40 Å². The van der Waals surface area contributed by atoms with Crippen LogP contribution in [0.2, 0.25) is 0 Å². The van der Waals surface area contributed by atoms with Gasteiger partial charge in [-0.2, -0.15) is 0 Å². The number of anilines is 3. The fourth-order valence-corrected chi connectivity index (χ4v) is 4.90. The molecule has 36 heavy (non-hydrogen) atoms. The number of para-hydroxylation sites is 1. The van der Waals surface area contributed by atoms with E-state index in [1.54, 1.807) is 0 Å². The predicted octanol–water partition coefficient (Wildman–Crippen LogP) is 9.27. The molecule has 0 amide bonds. The highest BCUT2D eigenvalue weighted by Crippen LogP contribution is 2.38. The Morgan fingerprint density at radius 2 is 1.11 bits per heavy atom. The highest BCUT2D eigenvalue weighted by Gasteiger charge is 2.16. The van der Waals surface area contributed by atoms with E-state index < -0.39 is 0 Å². The van der Waals surface area contributed by atoms with E-state index in [1.807, 2.05) is 24.4 Å². The summed E-state index contributed by atoms with van der Waals surface area (Å²) in [4.78, 5) is 7.09. The zero-order chi connectivity index (χ0) is 23.9. The van der Waals surface area contributed by atoms with E-state index in [0.29, 0.717) is 0 Å². The van der Waals surface area contributed by atoms with E-state index in [1.165, 1.54) is 16.5 Å². The molecular weight excluding hydrogens is 440 g/mol. The first-order valence-corrected chi connectivity index (χ1v) is 12.1. The van der Waals surface area contributed by atoms with Gasteiger partial charge in [-0.1, -0.05) is 84.9 Å². The van der Waals surface area contributed by atoms with Crippen LogP contribution in [-0.2, 0) is 0 Å². The van der Waals surface area contributed by atoms with Gasteiger partial charge in [0.1, 0.15) is 11.1 Å². The van der Waals surface area contributed by atoms with E-state index in [2.05, 4.69) is 114 Å². The molecule has 0 saturated carbocycles. The first kappa shape index (κ1) is 20.5. The number of hydrogen-bond donors (Lipinski definition) is 0. The molecule has 3 heteroatoms. The van der Waals surface area contributed by atoms with Crippen molar-refractivity contribution in [1.29, 1.82) is 0 Å². The van der Waals surface area contributed by atoms with Gasteiger partial charge in [0.15, 0.2) is 5.58 Å². The molecule has 2 aromatic heterocycles. The Kier molecular flexibility index (Phi) is 4.78. The highest BCUT2D eigenvalue weighted by atomic mass is 16.3. The maximum absolute atomic E-state index is 6.31. The fraction of sp³-hybridized carbons (Fsp3) is 0. The van der Waals surface area contributed by atoms with Crippen LogP contribution in [0.3, 0.4) is 0 Å². The molecule has 0 saturated heterocycles. The first-order chi connectivity index (χ1) is 17.8. The molecule has 0 aliphatic rings. The number of nitrogens with zero attached hydrogens (tertiary/aromatic N) is 2. The lowest BCUT2D eigenvalue weighted by Gasteiger charge is -2.25. The standard InChI is InChI=1S/C33H22N2O/c1-3-9-23(10-4-1)24-15-17-28(18-16-24)35(27-13-5-2-6-14-27)29-21-32-33(34-22-29)30-19-25-11-7-8-12-26(25)20-31(30)36-32/h1-22H. The van der Waals surface area contributed by atoms with Gasteiger partial charge in [-0.05, 0) is 58.3 Å². The topological polar surface area (TPSA) is 29.3 Å². The van der Waals surface area contributed by atoms with Crippen LogP contribution in [0.5, 0.6) is 0 Å². The van der Waals surface area contributed by atoms with Gasteiger partial charge in [0, 0.05) is 22.8 Å². The van der Waals surface area contributed by atoms with Crippen molar-refractivity contribution < 1.29 is 4.42 Å². The number of aromatic nitrogens is 1. The van der Waals surface area contributed by atoms with E-state index in [9.17, 15) is 0 Å². The third-order valence-corrected chi connectivity index (χ3v) is 6.67. The SMILES string of the molecule is c1ccc(-c2ccc(N(c3ccccc3)c3cnc4c(c3)oc3cc5ccccc5cc34)cc2)cc1. The highest BCUT2D eigenvalue weighted by molar-refractivity contribution is 6.08. The van der Waals surface area contributed by atoms with Gasteiger partial charge in [-0.25, -0.2) is 4.98 Å². The molecular formula is C33H22N2O. The third kappa shape index (κ3) is 3.50. The average Bonchev–Trinajstić information content (AvgIpc) is 3.30. The van der Waals surface area contributed by atoms with Crippen LogP contribution < -0.4 is 4.90 Å². The van der Waals surface area contributed by atoms with Crippen molar-refractivity contribution in [1.82, 2.24) is 4.98 Å². The molecule has 3 nitrogen and oxygen atoms in total. The summed E-state index contributed by atoms with van der Waals surface area (Å²) in [7, 11) is 0. The van der Waals surface area contributed by atoms with Gasteiger partial charge < -0.3 is 9.32 Å². The summed E-state index contributed by atoms with van der Waals surface area (Å²) in [6.45, 7) is 0. The quantitative estimate of drug-likeness (QED) is 0.261. The second-order valence-corrected chi connectivity index (χ2v) is 8.92. The fourth-order valence-electron chi connectivity index (χ4n) is 4.90. The van der Waals surface area contributed by atoms with Crippen molar-refractivity contribution >= 4 is 49.9 Å². The monoisotopic (exact) mass is 462 g/mol. The summed E-state index contributed by atoms with van der Waals surface area (Å²) >= 11 is 0. The molecule has 0 aliphatic carbocycles. The molecule has 0 bridgehead atoms. The second kappa shape index (κ2) is 8.40. The Morgan fingerprint density at radius 1 is 0.500 bits per heavy atom. The van der Waals surface area contributed by atoms with Crippen LogP contribution >= 0.6 is 0 Å². The van der Waals surface area contributed by atoms with Crippen molar-refractivity contribution in [2.75, 3.05) is 4.90 Å². The number of hydrogen-bond acceptors (Lipinski definition) is 3. The number of benzene rings is 5. The summed E-state index contributed by atoms with van der Waals surface area (Å²) in [5, 5.41) is 3.38. The average molecular weight is 463 g/mol. The van der Waals surface area contributed by atoms with Gasteiger partial charge in [0.05, 0.1) is 11.9 Å². The Hall–Kier alpha value is -4.89. The van der Waals surface area contributed by atoms with Crippen LogP contribution in [0.1, 0.15) is 0 Å². The minimum absolute atomic E-state index is 0.777. The van der Waals surface area contributed by atoms with Gasteiger partial charge in [0.2, 0.25) is 0 Å². The van der Waals surface area contributed by atoms with Crippen molar-refractivity contribution in [3.63, 3.8) is 0 Å². The minimum atomic E-state index is 0.777. The van der Waals surface area contributed by atoms with Crippen LogP contribution in [0.25, 0.3) is 44.0 Å². The summed E-state index contributed by atoms with van der Waals surface area (Å²) in [6, 6.07) is 44.1. The molecule has 0 radical (unpaired) electrons. The van der Waals surface area contributed by atoms with Crippen molar-refractivity contribution in [3.05, 3.63) is 134 Å². The lowest BCUT2D eigenvalue weighted by atomic mass is 10.0. The van der Waals surface area contributed by atoms with Crippen LogP contribution in [-0.4, -0.2) is 4.98 Å². The molecule has 7 aromatic rings. The predicted molar refractivity (Wildman–Crippen MR) is 149 cm³/mol. The van der Waals surface area contributed by atoms with Crippen LogP contribution in [0.4, 0.5) is 17.1 Å². The number of fused-ring (bicyclic) bond motifs is 4. The van der Waals surface area contributed by atoms with Crippen molar-refractivity contribution in [2.24, 2.45) is 0 Å². The van der Waals surface area contributed by atoms with Gasteiger partial charge in [0.25, 0.3) is 0 Å². The molecule has 0 N–H and O–H groups in total. The molecule has 2 heterocycles. The number of pyridine rings is 1. The van der Waals surface area contributed by atoms with Gasteiger partial charge in [-0.3, -0.25) is 0 Å². The largest absolute Gasteiger partial charge is 0.454 e. The van der Waals surface area contributed by atoms with Crippen molar-refractivity contribution in [2.45, 2.75) is 0 Å². The molecule has 0 atom stereocenters. The van der Waals surface area contributed by atoms with E-state index in [0.717, 1.165) is 44.5 Å². The lowest BCUT2D eigenvalue weighted by molar-refractivity contribution is 0.668. The summed E-state index contributed by atoms with van der Waals surface area (Å²) < 4.78 is 6.31. The third-order valence-electron chi connectivity index (χ3n) is 6.67. The summed E-state index contributed by atoms with van der Waals surface area (Å²) in [6.07, 6.45) is 1.94. The van der Waals surface area contributed by atoms with Gasteiger partial charge in [-0.15, -0.1) is 0 Å². The molecule has 5 aromatic carbocycles. The molecule has 170 valence electrons. The Morgan fingerprint density at radius 3 is 1.86 bits per heavy atom. The van der Waals surface area contributed by atoms with Gasteiger partial charge >= 0.3 is 0 Å². The Labute approximate surface area is 208 Å². The Balaban J connectivity index is 1.36. The normalized spacial score (nSPS) is 11.3.